The number of para-hydroxylation sites is 1. The fraction of sp³-hybridized carbons (Fsp3) is 0.500. The lowest BCUT2D eigenvalue weighted by Gasteiger charge is -2.16. The van der Waals surface area contributed by atoms with Crippen molar-refractivity contribution in [2.24, 2.45) is 0 Å². The maximum atomic E-state index is 9.74. The lowest BCUT2D eigenvalue weighted by Crippen LogP contribution is -2.21. The second kappa shape index (κ2) is 6.48. The van der Waals surface area contributed by atoms with E-state index in [2.05, 4.69) is 0 Å². The number of benzene rings is 1. The molecule has 0 fully saturated rings. The van der Waals surface area contributed by atoms with Crippen molar-refractivity contribution in [3.05, 3.63) is 29.8 Å². The minimum atomic E-state index is -0.896. The Morgan fingerprint density at radius 3 is 2.56 bits per heavy atom. The molecule has 0 saturated heterocycles. The Kier molecular flexibility index (Phi) is 5.25. The van der Waals surface area contributed by atoms with E-state index in [0.717, 1.165) is 0 Å². The van der Waals surface area contributed by atoms with Crippen molar-refractivity contribution < 1.29 is 20.1 Å². The van der Waals surface area contributed by atoms with Crippen LogP contribution < -0.4 is 4.74 Å². The maximum absolute atomic E-state index is 9.74. The Balaban J connectivity index is 2.71. The van der Waals surface area contributed by atoms with Crippen LogP contribution in [0.2, 0.25) is 0 Å². The lowest BCUT2D eigenvalue weighted by molar-refractivity contribution is 0.0520. The molecule has 4 nitrogen and oxygen atoms in total. The van der Waals surface area contributed by atoms with E-state index in [4.69, 9.17) is 14.9 Å². The molecule has 1 unspecified atom stereocenters. The van der Waals surface area contributed by atoms with E-state index >= 15 is 0 Å². The highest BCUT2D eigenvalue weighted by Gasteiger charge is 2.12. The summed E-state index contributed by atoms with van der Waals surface area (Å²) < 4.78 is 5.34. The van der Waals surface area contributed by atoms with Gasteiger partial charge in [0.05, 0.1) is 12.7 Å². The van der Waals surface area contributed by atoms with Crippen LogP contribution in [0.1, 0.15) is 25.0 Å². The van der Waals surface area contributed by atoms with Crippen LogP contribution in [0.4, 0.5) is 0 Å². The first-order chi connectivity index (χ1) is 7.69. The van der Waals surface area contributed by atoms with E-state index in [9.17, 15) is 5.11 Å². The first kappa shape index (κ1) is 13.0. The van der Waals surface area contributed by atoms with Gasteiger partial charge in [0.15, 0.2) is 0 Å². The molecule has 0 aromatic heterocycles. The number of rotatable bonds is 6. The molecular formula is C12H18O4. The van der Waals surface area contributed by atoms with E-state index in [-0.39, 0.29) is 13.2 Å². The van der Waals surface area contributed by atoms with Gasteiger partial charge in [-0.05, 0) is 12.5 Å². The summed E-state index contributed by atoms with van der Waals surface area (Å²) >= 11 is 0. The third kappa shape index (κ3) is 3.48. The van der Waals surface area contributed by atoms with Gasteiger partial charge in [-0.2, -0.15) is 0 Å². The van der Waals surface area contributed by atoms with E-state index in [1.54, 1.807) is 18.2 Å². The molecule has 0 saturated carbocycles. The van der Waals surface area contributed by atoms with Gasteiger partial charge in [-0.1, -0.05) is 25.1 Å². The summed E-state index contributed by atoms with van der Waals surface area (Å²) in [6, 6.07) is 7.14. The average molecular weight is 226 g/mol. The van der Waals surface area contributed by atoms with Gasteiger partial charge in [-0.15, -0.1) is 0 Å². The number of hydrogen-bond donors (Lipinski definition) is 3. The van der Waals surface area contributed by atoms with Crippen molar-refractivity contribution in [1.82, 2.24) is 0 Å². The lowest BCUT2D eigenvalue weighted by atomic mass is 10.1. The van der Waals surface area contributed by atoms with Gasteiger partial charge < -0.3 is 20.1 Å². The highest BCUT2D eigenvalue weighted by molar-refractivity contribution is 5.35. The van der Waals surface area contributed by atoms with Gasteiger partial charge in [-0.3, -0.25) is 0 Å². The van der Waals surface area contributed by atoms with Gasteiger partial charge >= 0.3 is 0 Å². The summed E-state index contributed by atoms with van der Waals surface area (Å²) in [6.45, 7) is 1.56. The summed E-state index contributed by atoms with van der Waals surface area (Å²) in [4.78, 5) is 0. The maximum Gasteiger partial charge on any atom is 0.125 e. The molecule has 0 aliphatic heterocycles. The van der Waals surface area contributed by atoms with Gasteiger partial charge in [0.25, 0.3) is 0 Å². The molecule has 1 aromatic rings. The second-order valence-corrected chi connectivity index (χ2v) is 3.61. The summed E-state index contributed by atoms with van der Waals surface area (Å²) in [6.07, 6.45) is -0.863. The van der Waals surface area contributed by atoms with E-state index in [0.29, 0.717) is 17.7 Å². The molecule has 3 N–H and O–H groups in total. The van der Waals surface area contributed by atoms with E-state index in [1.807, 2.05) is 13.0 Å². The first-order valence-corrected chi connectivity index (χ1v) is 5.37. The van der Waals surface area contributed by atoms with Crippen molar-refractivity contribution in [2.75, 3.05) is 13.2 Å². The normalized spacial score (nSPS) is 14.5. The SMILES string of the molecule is CC[C@@H](O)c1ccccc1OCC(O)CO. The van der Waals surface area contributed by atoms with Crippen molar-refractivity contribution in [3.63, 3.8) is 0 Å². The number of aliphatic hydroxyl groups is 3. The molecule has 1 rings (SSSR count). The number of aliphatic hydroxyl groups excluding tert-OH is 3. The fourth-order valence-corrected chi connectivity index (χ4v) is 1.35. The van der Waals surface area contributed by atoms with Crippen LogP contribution in [0.25, 0.3) is 0 Å². The molecule has 0 radical (unpaired) electrons. The van der Waals surface area contributed by atoms with E-state index < -0.39 is 12.2 Å². The topological polar surface area (TPSA) is 69.9 Å². The van der Waals surface area contributed by atoms with Gasteiger partial charge in [-0.25, -0.2) is 0 Å². The molecule has 1 aromatic carbocycles. The standard InChI is InChI=1S/C12H18O4/c1-2-11(15)10-5-3-4-6-12(10)16-8-9(14)7-13/h3-6,9,11,13-15H,2,7-8H2,1H3/t9?,11-/m1/s1. The smallest absolute Gasteiger partial charge is 0.125 e. The summed E-state index contributed by atoms with van der Waals surface area (Å²) in [5, 5.41) is 27.6. The predicted molar refractivity (Wildman–Crippen MR) is 60.3 cm³/mol. The Morgan fingerprint density at radius 2 is 1.94 bits per heavy atom. The minimum absolute atomic E-state index is 0.0178. The Hall–Kier alpha value is -1.10. The summed E-state index contributed by atoms with van der Waals surface area (Å²) in [7, 11) is 0. The molecule has 0 spiro atoms. The highest BCUT2D eigenvalue weighted by Crippen LogP contribution is 2.26. The Morgan fingerprint density at radius 1 is 1.25 bits per heavy atom. The molecule has 0 aliphatic carbocycles. The van der Waals surface area contributed by atoms with E-state index in [1.165, 1.54) is 0 Å². The van der Waals surface area contributed by atoms with Gasteiger partial charge in [0, 0.05) is 5.56 Å². The van der Waals surface area contributed by atoms with Crippen LogP contribution in [0.3, 0.4) is 0 Å². The molecule has 0 heterocycles. The zero-order valence-corrected chi connectivity index (χ0v) is 9.34. The fourth-order valence-electron chi connectivity index (χ4n) is 1.35. The quantitative estimate of drug-likeness (QED) is 0.673. The van der Waals surface area contributed by atoms with Crippen LogP contribution >= 0.6 is 0 Å². The molecule has 0 amide bonds. The molecular weight excluding hydrogens is 208 g/mol. The molecule has 4 heteroatoms. The second-order valence-electron chi connectivity index (χ2n) is 3.61. The Labute approximate surface area is 95.1 Å². The zero-order chi connectivity index (χ0) is 12.0. The first-order valence-electron chi connectivity index (χ1n) is 5.37. The van der Waals surface area contributed by atoms with Crippen molar-refractivity contribution in [1.29, 1.82) is 0 Å². The highest BCUT2D eigenvalue weighted by atomic mass is 16.5. The van der Waals surface area contributed by atoms with Gasteiger partial charge in [0.2, 0.25) is 0 Å². The van der Waals surface area contributed by atoms with Crippen LogP contribution in [0, 0.1) is 0 Å². The molecule has 16 heavy (non-hydrogen) atoms. The predicted octanol–water partition coefficient (Wildman–Crippen LogP) is 0.862. The zero-order valence-electron chi connectivity index (χ0n) is 9.34. The number of ether oxygens (including phenoxy) is 1. The van der Waals surface area contributed by atoms with Crippen molar-refractivity contribution in [3.8, 4) is 5.75 Å². The van der Waals surface area contributed by atoms with Crippen molar-refractivity contribution >= 4 is 0 Å². The third-order valence-electron chi connectivity index (χ3n) is 2.31. The molecule has 90 valence electrons. The third-order valence-corrected chi connectivity index (χ3v) is 2.31. The largest absolute Gasteiger partial charge is 0.490 e. The molecule has 0 bridgehead atoms. The van der Waals surface area contributed by atoms with Crippen LogP contribution in [-0.2, 0) is 0 Å². The van der Waals surface area contributed by atoms with Crippen LogP contribution in [0.5, 0.6) is 5.75 Å². The summed E-state index contributed by atoms with van der Waals surface area (Å²) in [5.41, 5.74) is 0.704. The van der Waals surface area contributed by atoms with Crippen LogP contribution in [-0.4, -0.2) is 34.6 Å². The minimum Gasteiger partial charge on any atom is -0.490 e. The summed E-state index contributed by atoms with van der Waals surface area (Å²) in [5.74, 6) is 0.546. The molecule has 0 aliphatic rings. The van der Waals surface area contributed by atoms with Gasteiger partial charge in [0.1, 0.15) is 18.5 Å². The van der Waals surface area contributed by atoms with Crippen LogP contribution in [0.15, 0.2) is 24.3 Å². The number of hydrogen-bond acceptors (Lipinski definition) is 4. The Bertz CT molecular complexity index is 314. The monoisotopic (exact) mass is 226 g/mol. The molecule has 2 atom stereocenters. The average Bonchev–Trinajstić information content (AvgIpc) is 2.35. The van der Waals surface area contributed by atoms with Crippen molar-refractivity contribution in [2.45, 2.75) is 25.6 Å².